The van der Waals surface area contributed by atoms with Crippen molar-refractivity contribution in [1.29, 1.82) is 0 Å². The fraction of sp³-hybridized carbons (Fsp3) is 0.357. The van der Waals surface area contributed by atoms with Gasteiger partial charge in [0.05, 0.1) is 12.2 Å². The molecule has 0 saturated carbocycles. The maximum atomic E-state index is 11.9. The minimum absolute atomic E-state index is 0.161. The van der Waals surface area contributed by atoms with Crippen molar-refractivity contribution in [2.24, 2.45) is 0 Å². The van der Waals surface area contributed by atoms with Gasteiger partial charge in [-0.05, 0) is 37.6 Å². The first-order valence-corrected chi connectivity index (χ1v) is 6.36. The highest BCUT2D eigenvalue weighted by molar-refractivity contribution is 5.93. The van der Waals surface area contributed by atoms with Gasteiger partial charge in [0.2, 0.25) is 0 Å². The van der Waals surface area contributed by atoms with Crippen molar-refractivity contribution in [3.05, 3.63) is 29.3 Å². The zero-order chi connectivity index (χ0) is 16.0. The average Bonchev–Trinajstić information content (AvgIpc) is 2.38. The number of aromatic carboxylic acids is 1. The van der Waals surface area contributed by atoms with E-state index in [1.54, 1.807) is 19.9 Å². The average molecular weight is 294 g/mol. The van der Waals surface area contributed by atoms with Crippen molar-refractivity contribution in [1.82, 2.24) is 4.90 Å². The number of anilines is 1. The van der Waals surface area contributed by atoms with Crippen LogP contribution in [0.5, 0.6) is 0 Å². The van der Waals surface area contributed by atoms with Crippen LogP contribution in [-0.2, 0) is 9.53 Å². The number of aryl methyl sites for hydroxylation is 1. The van der Waals surface area contributed by atoms with Crippen LogP contribution in [0.15, 0.2) is 18.2 Å². The van der Waals surface area contributed by atoms with E-state index in [0.717, 1.165) is 0 Å². The second-order valence-corrected chi connectivity index (χ2v) is 4.43. The number of benzene rings is 1. The van der Waals surface area contributed by atoms with Crippen molar-refractivity contribution in [2.75, 3.05) is 25.5 Å². The molecule has 0 unspecified atom stereocenters. The summed E-state index contributed by atoms with van der Waals surface area (Å²) < 4.78 is 4.75. The van der Waals surface area contributed by atoms with Gasteiger partial charge in [0.15, 0.2) is 0 Å². The Labute approximate surface area is 122 Å². The predicted molar refractivity (Wildman–Crippen MR) is 76.4 cm³/mol. The Hall–Kier alpha value is -2.57. The van der Waals surface area contributed by atoms with E-state index in [-0.39, 0.29) is 18.7 Å². The summed E-state index contributed by atoms with van der Waals surface area (Å²) in [7, 11) is 1.46. The lowest BCUT2D eigenvalue weighted by atomic mass is 10.1. The van der Waals surface area contributed by atoms with Gasteiger partial charge in [-0.15, -0.1) is 0 Å². The van der Waals surface area contributed by atoms with Crippen molar-refractivity contribution >= 4 is 23.7 Å². The van der Waals surface area contributed by atoms with Crippen LogP contribution in [0.25, 0.3) is 0 Å². The van der Waals surface area contributed by atoms with Gasteiger partial charge in [-0.25, -0.2) is 9.59 Å². The van der Waals surface area contributed by atoms with Crippen LogP contribution in [0.4, 0.5) is 10.5 Å². The van der Waals surface area contributed by atoms with Gasteiger partial charge in [-0.2, -0.15) is 0 Å². The molecule has 1 aromatic rings. The third kappa shape index (κ3) is 4.79. The summed E-state index contributed by atoms with van der Waals surface area (Å²) >= 11 is 0. The number of esters is 1. The SMILES string of the molecule is CCOC(=O)CN(C)C(=O)Nc1ccc(C(=O)O)c(C)c1. The Morgan fingerprint density at radius 3 is 2.52 bits per heavy atom. The number of ether oxygens (including phenoxy) is 1. The van der Waals surface area contributed by atoms with Gasteiger partial charge < -0.3 is 20.1 Å². The van der Waals surface area contributed by atoms with Crippen LogP contribution in [0.2, 0.25) is 0 Å². The van der Waals surface area contributed by atoms with Crippen LogP contribution >= 0.6 is 0 Å². The number of rotatable bonds is 5. The molecular weight excluding hydrogens is 276 g/mol. The monoisotopic (exact) mass is 294 g/mol. The molecule has 1 rings (SSSR count). The third-order valence-electron chi connectivity index (χ3n) is 2.73. The topological polar surface area (TPSA) is 95.9 Å². The lowest BCUT2D eigenvalue weighted by Crippen LogP contribution is -2.36. The van der Waals surface area contributed by atoms with E-state index in [1.165, 1.54) is 24.1 Å². The molecule has 21 heavy (non-hydrogen) atoms. The number of carbonyl (C=O) groups excluding carboxylic acids is 2. The van der Waals surface area contributed by atoms with E-state index in [0.29, 0.717) is 11.3 Å². The molecule has 0 radical (unpaired) electrons. The summed E-state index contributed by atoms with van der Waals surface area (Å²) in [5.74, 6) is -1.52. The summed E-state index contributed by atoms with van der Waals surface area (Å²) in [6.45, 7) is 3.42. The minimum Gasteiger partial charge on any atom is -0.478 e. The largest absolute Gasteiger partial charge is 0.478 e. The normalized spacial score (nSPS) is 9.86. The Morgan fingerprint density at radius 2 is 2.00 bits per heavy atom. The summed E-state index contributed by atoms with van der Waals surface area (Å²) in [6, 6.07) is 3.98. The second-order valence-electron chi connectivity index (χ2n) is 4.43. The van der Waals surface area contributed by atoms with E-state index in [9.17, 15) is 14.4 Å². The molecule has 0 atom stereocenters. The predicted octanol–water partition coefficient (Wildman–Crippen LogP) is 1.72. The lowest BCUT2D eigenvalue weighted by molar-refractivity contribution is -0.143. The highest BCUT2D eigenvalue weighted by Gasteiger charge is 2.14. The number of carbonyl (C=O) groups is 3. The van der Waals surface area contributed by atoms with Crippen LogP contribution in [0.1, 0.15) is 22.8 Å². The van der Waals surface area contributed by atoms with Gasteiger partial charge >= 0.3 is 18.0 Å². The number of urea groups is 1. The van der Waals surface area contributed by atoms with Gasteiger partial charge in [0.1, 0.15) is 6.54 Å². The zero-order valence-electron chi connectivity index (χ0n) is 12.2. The number of carboxylic acids is 1. The van der Waals surface area contributed by atoms with Gasteiger partial charge in [0.25, 0.3) is 0 Å². The van der Waals surface area contributed by atoms with Gasteiger partial charge in [-0.1, -0.05) is 0 Å². The quantitative estimate of drug-likeness (QED) is 0.806. The molecule has 7 nitrogen and oxygen atoms in total. The number of hydrogen-bond donors (Lipinski definition) is 2. The maximum Gasteiger partial charge on any atom is 0.335 e. The first-order valence-electron chi connectivity index (χ1n) is 6.36. The van der Waals surface area contributed by atoms with Crippen LogP contribution in [-0.4, -0.2) is 48.2 Å². The third-order valence-corrected chi connectivity index (χ3v) is 2.73. The molecular formula is C14H18N2O5. The summed E-state index contributed by atoms with van der Waals surface area (Å²) in [6.07, 6.45) is 0. The smallest absolute Gasteiger partial charge is 0.335 e. The fourth-order valence-electron chi connectivity index (χ4n) is 1.67. The highest BCUT2D eigenvalue weighted by atomic mass is 16.5. The summed E-state index contributed by atoms with van der Waals surface area (Å²) in [4.78, 5) is 35.2. The number of hydrogen-bond acceptors (Lipinski definition) is 4. The number of nitrogens with zero attached hydrogens (tertiary/aromatic N) is 1. The molecule has 0 aliphatic heterocycles. The molecule has 1 aromatic carbocycles. The number of nitrogens with one attached hydrogen (secondary N) is 1. The van der Waals surface area contributed by atoms with E-state index < -0.39 is 18.0 Å². The standard InChI is InChI=1S/C14H18N2O5/c1-4-21-12(17)8-16(3)14(20)15-10-5-6-11(13(18)19)9(2)7-10/h5-7H,4,8H2,1-3H3,(H,15,20)(H,18,19). The maximum absolute atomic E-state index is 11.9. The van der Waals surface area contributed by atoms with E-state index in [2.05, 4.69) is 5.32 Å². The highest BCUT2D eigenvalue weighted by Crippen LogP contribution is 2.15. The Balaban J connectivity index is 2.68. The molecule has 0 saturated heterocycles. The molecule has 0 heterocycles. The first kappa shape index (κ1) is 16.5. The molecule has 0 aliphatic rings. The number of carboxylic acid groups (broad SMARTS) is 1. The van der Waals surface area contributed by atoms with Gasteiger partial charge in [0, 0.05) is 12.7 Å². The lowest BCUT2D eigenvalue weighted by Gasteiger charge is -2.17. The number of likely N-dealkylation sites (N-methyl/N-ethyl adjacent to an activating group) is 1. The second kappa shape index (κ2) is 7.28. The summed E-state index contributed by atoms with van der Waals surface area (Å²) in [5.41, 5.74) is 1.17. The molecule has 7 heteroatoms. The molecule has 0 aromatic heterocycles. The molecule has 2 amide bonds. The fourth-order valence-corrected chi connectivity index (χ4v) is 1.67. The van der Waals surface area contributed by atoms with E-state index in [4.69, 9.17) is 9.84 Å². The van der Waals surface area contributed by atoms with Crippen molar-refractivity contribution < 1.29 is 24.2 Å². The minimum atomic E-state index is -1.02. The Bertz CT molecular complexity index is 556. The number of amides is 2. The van der Waals surface area contributed by atoms with E-state index >= 15 is 0 Å². The Morgan fingerprint density at radius 1 is 1.33 bits per heavy atom. The van der Waals surface area contributed by atoms with Crippen molar-refractivity contribution in [3.8, 4) is 0 Å². The van der Waals surface area contributed by atoms with Crippen molar-refractivity contribution in [3.63, 3.8) is 0 Å². The first-order chi connectivity index (χ1) is 9.85. The van der Waals surface area contributed by atoms with E-state index in [1.807, 2.05) is 0 Å². The van der Waals surface area contributed by atoms with Gasteiger partial charge in [-0.3, -0.25) is 4.79 Å². The van der Waals surface area contributed by atoms with Crippen LogP contribution in [0.3, 0.4) is 0 Å². The van der Waals surface area contributed by atoms with Crippen LogP contribution in [0, 0.1) is 6.92 Å². The zero-order valence-corrected chi connectivity index (χ0v) is 12.2. The molecule has 2 N–H and O–H groups in total. The molecule has 0 fully saturated rings. The summed E-state index contributed by atoms with van der Waals surface area (Å²) in [5, 5.41) is 11.5. The molecule has 114 valence electrons. The molecule has 0 aliphatic carbocycles. The van der Waals surface area contributed by atoms with Crippen molar-refractivity contribution in [2.45, 2.75) is 13.8 Å². The molecule has 0 spiro atoms. The van der Waals surface area contributed by atoms with Crippen LogP contribution < -0.4 is 5.32 Å². The Kier molecular flexibility index (Phi) is 5.71. The molecule has 0 bridgehead atoms.